The molecule has 2 aromatic rings. The van der Waals surface area contributed by atoms with Crippen molar-refractivity contribution in [2.45, 2.75) is 6.92 Å². The Bertz CT molecular complexity index is 433. The van der Waals surface area contributed by atoms with Crippen LogP contribution in [0.2, 0.25) is 0 Å². The third-order valence-electron chi connectivity index (χ3n) is 1.63. The van der Waals surface area contributed by atoms with Crippen molar-refractivity contribution < 1.29 is 4.79 Å². The van der Waals surface area contributed by atoms with E-state index < -0.39 is 0 Å². The molecule has 2 aromatic heterocycles. The monoisotopic (exact) mass is 161 g/mol. The Morgan fingerprint density at radius 1 is 1.58 bits per heavy atom. The van der Waals surface area contributed by atoms with E-state index in [2.05, 4.69) is 10.1 Å². The summed E-state index contributed by atoms with van der Waals surface area (Å²) in [5.41, 5.74) is 0.616. The number of hydrogen-bond acceptors (Lipinski definition) is 3. The van der Waals surface area contributed by atoms with Gasteiger partial charge in [0.2, 0.25) is 5.91 Å². The van der Waals surface area contributed by atoms with Crippen molar-refractivity contribution in [1.82, 2.24) is 14.8 Å². The summed E-state index contributed by atoms with van der Waals surface area (Å²) in [7, 11) is 0. The zero-order valence-corrected chi connectivity index (χ0v) is 6.56. The molecular formula is C8H7N3O. The number of carbonyl (C=O) groups is 1. The molecule has 0 amide bonds. The Labute approximate surface area is 68.8 Å². The smallest absolute Gasteiger partial charge is 0.245 e. The molecule has 12 heavy (non-hydrogen) atoms. The lowest BCUT2D eigenvalue weighted by Crippen LogP contribution is -2.07. The van der Waals surface area contributed by atoms with Gasteiger partial charge in [-0.25, -0.2) is 4.98 Å². The average molecular weight is 161 g/mol. The van der Waals surface area contributed by atoms with Crippen molar-refractivity contribution in [3.05, 3.63) is 24.5 Å². The van der Waals surface area contributed by atoms with Gasteiger partial charge in [-0.3, -0.25) is 4.79 Å². The average Bonchev–Trinajstić information content (AvgIpc) is 2.47. The van der Waals surface area contributed by atoms with E-state index in [1.165, 1.54) is 11.6 Å². The molecule has 0 saturated carbocycles. The highest BCUT2D eigenvalue weighted by atomic mass is 16.2. The number of rotatable bonds is 0. The van der Waals surface area contributed by atoms with E-state index >= 15 is 0 Å². The molecule has 2 rings (SSSR count). The number of aromatic nitrogens is 3. The number of pyridine rings is 1. The van der Waals surface area contributed by atoms with E-state index in [-0.39, 0.29) is 5.91 Å². The van der Waals surface area contributed by atoms with Gasteiger partial charge in [0.15, 0.2) is 5.65 Å². The zero-order valence-electron chi connectivity index (χ0n) is 6.56. The molecular weight excluding hydrogens is 154 g/mol. The van der Waals surface area contributed by atoms with E-state index in [1.807, 2.05) is 12.1 Å². The molecule has 0 bridgehead atoms. The Morgan fingerprint density at radius 3 is 3.17 bits per heavy atom. The van der Waals surface area contributed by atoms with Gasteiger partial charge >= 0.3 is 0 Å². The molecule has 0 aliphatic rings. The Balaban J connectivity index is 2.79. The van der Waals surface area contributed by atoms with Crippen molar-refractivity contribution in [1.29, 1.82) is 0 Å². The van der Waals surface area contributed by atoms with Crippen LogP contribution in [0.15, 0.2) is 24.5 Å². The molecule has 0 fully saturated rings. The van der Waals surface area contributed by atoms with Crippen molar-refractivity contribution in [3.63, 3.8) is 0 Å². The molecule has 0 spiro atoms. The second kappa shape index (κ2) is 2.41. The summed E-state index contributed by atoms with van der Waals surface area (Å²) >= 11 is 0. The van der Waals surface area contributed by atoms with Crippen molar-refractivity contribution in [2.75, 3.05) is 0 Å². The van der Waals surface area contributed by atoms with Gasteiger partial charge in [0.1, 0.15) is 0 Å². The maximum absolute atomic E-state index is 11.0. The van der Waals surface area contributed by atoms with Crippen LogP contribution in [0.3, 0.4) is 0 Å². The minimum absolute atomic E-state index is 0.122. The lowest BCUT2D eigenvalue weighted by molar-refractivity contribution is 0.0926. The topological polar surface area (TPSA) is 47.8 Å². The first-order valence-electron chi connectivity index (χ1n) is 3.59. The van der Waals surface area contributed by atoms with Crippen LogP contribution in [-0.4, -0.2) is 20.7 Å². The van der Waals surface area contributed by atoms with E-state index in [0.29, 0.717) is 5.65 Å². The standard InChI is InChI=1S/C8H7N3O/c1-6(12)11-8-7(5-10-11)3-2-4-9-8/h2-5H,1H3. The molecule has 0 radical (unpaired) electrons. The first-order valence-corrected chi connectivity index (χ1v) is 3.59. The first kappa shape index (κ1) is 6.97. The minimum Gasteiger partial charge on any atom is -0.273 e. The van der Waals surface area contributed by atoms with Gasteiger partial charge in [0.25, 0.3) is 0 Å². The van der Waals surface area contributed by atoms with Crippen LogP contribution in [0.25, 0.3) is 11.0 Å². The highest BCUT2D eigenvalue weighted by Gasteiger charge is 2.04. The van der Waals surface area contributed by atoms with Crippen molar-refractivity contribution in [3.8, 4) is 0 Å². The Morgan fingerprint density at radius 2 is 2.42 bits per heavy atom. The number of hydrogen-bond donors (Lipinski definition) is 0. The van der Waals surface area contributed by atoms with Crippen LogP contribution >= 0.6 is 0 Å². The predicted octanol–water partition coefficient (Wildman–Crippen LogP) is 1.09. The van der Waals surface area contributed by atoms with Crippen molar-refractivity contribution >= 4 is 16.9 Å². The molecule has 0 N–H and O–H groups in total. The molecule has 0 unspecified atom stereocenters. The number of carbonyl (C=O) groups excluding carboxylic acids is 1. The predicted molar refractivity (Wildman–Crippen MR) is 43.8 cm³/mol. The van der Waals surface area contributed by atoms with Gasteiger partial charge < -0.3 is 0 Å². The van der Waals surface area contributed by atoms with Crippen LogP contribution in [0.5, 0.6) is 0 Å². The number of fused-ring (bicyclic) bond motifs is 1. The fourth-order valence-corrected chi connectivity index (χ4v) is 1.09. The summed E-state index contributed by atoms with van der Waals surface area (Å²) in [6.07, 6.45) is 3.27. The molecule has 4 nitrogen and oxygen atoms in total. The molecule has 0 aliphatic carbocycles. The number of nitrogens with zero attached hydrogens (tertiary/aromatic N) is 3. The minimum atomic E-state index is -0.122. The lowest BCUT2D eigenvalue weighted by atomic mass is 10.4. The van der Waals surface area contributed by atoms with E-state index in [1.54, 1.807) is 12.4 Å². The van der Waals surface area contributed by atoms with E-state index in [0.717, 1.165) is 5.39 Å². The van der Waals surface area contributed by atoms with Crippen molar-refractivity contribution in [2.24, 2.45) is 0 Å². The fraction of sp³-hybridized carbons (Fsp3) is 0.125. The maximum atomic E-state index is 11.0. The van der Waals surface area contributed by atoms with E-state index in [4.69, 9.17) is 0 Å². The second-order valence-corrected chi connectivity index (χ2v) is 2.49. The second-order valence-electron chi connectivity index (χ2n) is 2.49. The third kappa shape index (κ3) is 0.887. The highest BCUT2D eigenvalue weighted by Crippen LogP contribution is 2.08. The normalized spacial score (nSPS) is 10.4. The maximum Gasteiger partial charge on any atom is 0.245 e. The van der Waals surface area contributed by atoms with Gasteiger partial charge in [-0.2, -0.15) is 9.78 Å². The summed E-state index contributed by atoms with van der Waals surface area (Å²) in [6.45, 7) is 1.46. The van der Waals surface area contributed by atoms with Gasteiger partial charge in [-0.05, 0) is 12.1 Å². The summed E-state index contributed by atoms with van der Waals surface area (Å²) in [6, 6.07) is 3.68. The van der Waals surface area contributed by atoms with Gasteiger partial charge in [0.05, 0.1) is 6.20 Å². The molecule has 2 heterocycles. The quantitative estimate of drug-likeness (QED) is 0.581. The van der Waals surface area contributed by atoms with Gasteiger partial charge in [-0.15, -0.1) is 0 Å². The lowest BCUT2D eigenvalue weighted by Gasteiger charge is -1.93. The van der Waals surface area contributed by atoms with E-state index in [9.17, 15) is 4.79 Å². The Kier molecular flexibility index (Phi) is 1.40. The van der Waals surface area contributed by atoms with Crippen LogP contribution < -0.4 is 0 Å². The largest absolute Gasteiger partial charge is 0.273 e. The summed E-state index contributed by atoms with van der Waals surface area (Å²) < 4.78 is 1.29. The molecule has 4 heteroatoms. The van der Waals surface area contributed by atoms with Crippen LogP contribution in [0, 0.1) is 0 Å². The molecule has 0 aliphatic heterocycles. The molecule has 0 atom stereocenters. The Hall–Kier alpha value is -1.71. The zero-order chi connectivity index (χ0) is 8.55. The summed E-state index contributed by atoms with van der Waals surface area (Å²) in [5.74, 6) is -0.122. The summed E-state index contributed by atoms with van der Waals surface area (Å²) in [5, 5.41) is 4.78. The molecule has 60 valence electrons. The van der Waals surface area contributed by atoms with Gasteiger partial charge in [0, 0.05) is 18.5 Å². The first-order chi connectivity index (χ1) is 5.79. The van der Waals surface area contributed by atoms with Crippen LogP contribution in [0.4, 0.5) is 0 Å². The third-order valence-corrected chi connectivity index (χ3v) is 1.63. The fourth-order valence-electron chi connectivity index (χ4n) is 1.09. The molecule has 0 saturated heterocycles. The summed E-state index contributed by atoms with van der Waals surface area (Å²) in [4.78, 5) is 15.0. The SMILES string of the molecule is CC(=O)n1ncc2cccnc21. The van der Waals surface area contributed by atoms with Crippen LogP contribution in [0.1, 0.15) is 11.7 Å². The highest BCUT2D eigenvalue weighted by molar-refractivity contribution is 5.86. The molecule has 0 aromatic carbocycles. The van der Waals surface area contributed by atoms with Crippen LogP contribution in [-0.2, 0) is 0 Å². The van der Waals surface area contributed by atoms with Gasteiger partial charge in [-0.1, -0.05) is 0 Å².